The van der Waals surface area contributed by atoms with Crippen molar-refractivity contribution in [3.63, 3.8) is 0 Å². The Balaban J connectivity index is 1.98. The molecule has 1 N–H and O–H groups in total. The van der Waals surface area contributed by atoms with Crippen LogP contribution in [0.5, 0.6) is 0 Å². The quantitative estimate of drug-likeness (QED) is 0.770. The number of morpholine rings is 1. The van der Waals surface area contributed by atoms with E-state index < -0.39 is 0 Å². The molecule has 3 rings (SSSR count). The number of aromatic amines is 1. The smallest absolute Gasteiger partial charge is 0.259 e. The monoisotopic (exact) mass is 233 g/mol. The summed E-state index contributed by atoms with van der Waals surface area (Å²) in [5, 5.41) is 0. The van der Waals surface area contributed by atoms with Crippen molar-refractivity contribution in [1.82, 2.24) is 9.97 Å². The fourth-order valence-electron chi connectivity index (χ4n) is 2.22. The molecule has 0 aromatic carbocycles. The van der Waals surface area contributed by atoms with Gasteiger partial charge in [-0.1, -0.05) is 12.2 Å². The van der Waals surface area contributed by atoms with E-state index in [9.17, 15) is 4.79 Å². The second-order valence-electron chi connectivity index (χ2n) is 4.29. The largest absolute Gasteiger partial charge is 0.378 e. The van der Waals surface area contributed by atoms with E-state index in [1.54, 1.807) is 0 Å². The molecule has 1 aromatic heterocycles. The summed E-state index contributed by atoms with van der Waals surface area (Å²) in [6.45, 7) is 2.97. The second-order valence-corrected chi connectivity index (χ2v) is 4.29. The molecule has 0 bridgehead atoms. The van der Waals surface area contributed by atoms with Gasteiger partial charge in [-0.15, -0.1) is 0 Å². The van der Waals surface area contributed by atoms with Gasteiger partial charge in [-0.25, -0.2) is 4.98 Å². The average molecular weight is 233 g/mol. The van der Waals surface area contributed by atoms with Gasteiger partial charge in [0.05, 0.1) is 24.5 Å². The molecule has 0 saturated carbocycles. The molecule has 1 aromatic rings. The second kappa shape index (κ2) is 4.33. The molecule has 0 spiro atoms. The zero-order valence-electron chi connectivity index (χ0n) is 9.61. The lowest BCUT2D eigenvalue weighted by Gasteiger charge is -2.27. The van der Waals surface area contributed by atoms with Crippen LogP contribution in [0.25, 0.3) is 6.08 Å². The fraction of sp³-hybridized carbons (Fsp3) is 0.500. The van der Waals surface area contributed by atoms with Gasteiger partial charge in [-0.2, -0.15) is 0 Å². The van der Waals surface area contributed by atoms with Crippen molar-refractivity contribution in [2.45, 2.75) is 12.8 Å². The van der Waals surface area contributed by atoms with Crippen molar-refractivity contribution in [3.05, 3.63) is 27.7 Å². The van der Waals surface area contributed by atoms with Crippen LogP contribution in [0.15, 0.2) is 10.9 Å². The zero-order chi connectivity index (χ0) is 11.7. The lowest BCUT2D eigenvalue weighted by atomic mass is 10.0. The molecule has 1 saturated heterocycles. The van der Waals surface area contributed by atoms with Crippen LogP contribution < -0.4 is 10.5 Å². The minimum Gasteiger partial charge on any atom is -0.378 e. The molecule has 5 heteroatoms. The molecule has 0 radical (unpaired) electrons. The number of aromatic nitrogens is 2. The highest BCUT2D eigenvalue weighted by atomic mass is 16.5. The number of H-pyrrole nitrogens is 1. The Morgan fingerprint density at radius 3 is 3.00 bits per heavy atom. The van der Waals surface area contributed by atoms with Crippen molar-refractivity contribution in [2.24, 2.45) is 0 Å². The van der Waals surface area contributed by atoms with E-state index in [-0.39, 0.29) is 5.56 Å². The van der Waals surface area contributed by atoms with E-state index in [0.29, 0.717) is 24.7 Å². The Kier molecular flexibility index (Phi) is 2.68. The van der Waals surface area contributed by atoms with Gasteiger partial charge in [0.1, 0.15) is 0 Å². The van der Waals surface area contributed by atoms with E-state index in [2.05, 4.69) is 14.9 Å². The molecular formula is C12H15N3O2. The molecule has 0 unspecified atom stereocenters. The van der Waals surface area contributed by atoms with Crippen LogP contribution in [0, 0.1) is 0 Å². The standard InChI is InChI=1S/C12H15N3O2/c16-11-9-3-1-2-4-10(9)13-12(14-11)15-5-7-17-8-6-15/h1,3H,2,4-8H2,(H,13,14,16). The van der Waals surface area contributed by atoms with E-state index in [0.717, 1.165) is 31.6 Å². The molecule has 1 aliphatic carbocycles. The Hall–Kier alpha value is -1.62. The Labute approximate surface area is 99.1 Å². The number of ether oxygens (including phenoxy) is 1. The molecule has 1 aliphatic heterocycles. The lowest BCUT2D eigenvalue weighted by Crippen LogP contribution is -2.38. The Bertz CT molecular complexity index is 501. The number of fused-ring (bicyclic) bond motifs is 1. The van der Waals surface area contributed by atoms with Crippen molar-refractivity contribution >= 4 is 12.0 Å². The maximum atomic E-state index is 11.9. The summed E-state index contributed by atoms with van der Waals surface area (Å²) in [5.74, 6) is 0.687. The van der Waals surface area contributed by atoms with Crippen LogP contribution in [0.3, 0.4) is 0 Å². The maximum Gasteiger partial charge on any atom is 0.259 e. The first-order chi connectivity index (χ1) is 8.34. The highest BCUT2D eigenvalue weighted by molar-refractivity contribution is 5.54. The fourth-order valence-corrected chi connectivity index (χ4v) is 2.22. The molecule has 5 nitrogen and oxygen atoms in total. The topological polar surface area (TPSA) is 58.2 Å². The number of nitrogens with zero attached hydrogens (tertiary/aromatic N) is 2. The summed E-state index contributed by atoms with van der Waals surface area (Å²) < 4.78 is 5.29. The first-order valence-electron chi connectivity index (χ1n) is 5.97. The molecule has 1 fully saturated rings. The van der Waals surface area contributed by atoms with Gasteiger partial charge < -0.3 is 9.64 Å². The van der Waals surface area contributed by atoms with Gasteiger partial charge >= 0.3 is 0 Å². The van der Waals surface area contributed by atoms with Crippen molar-refractivity contribution < 1.29 is 4.74 Å². The van der Waals surface area contributed by atoms with E-state index in [4.69, 9.17) is 4.74 Å². The molecule has 0 atom stereocenters. The van der Waals surface area contributed by atoms with Crippen molar-refractivity contribution in [1.29, 1.82) is 0 Å². The first-order valence-corrected chi connectivity index (χ1v) is 5.97. The number of nitrogens with one attached hydrogen (secondary N) is 1. The van der Waals surface area contributed by atoms with Gasteiger partial charge in [0, 0.05) is 13.1 Å². The van der Waals surface area contributed by atoms with Crippen LogP contribution in [0.2, 0.25) is 0 Å². The Morgan fingerprint density at radius 2 is 2.18 bits per heavy atom. The molecular weight excluding hydrogens is 218 g/mol. The maximum absolute atomic E-state index is 11.9. The molecule has 0 amide bonds. The summed E-state index contributed by atoms with van der Waals surface area (Å²) in [6.07, 6.45) is 5.71. The summed E-state index contributed by atoms with van der Waals surface area (Å²) in [4.78, 5) is 21.4. The predicted molar refractivity (Wildman–Crippen MR) is 65.2 cm³/mol. The third-order valence-corrected chi connectivity index (χ3v) is 3.16. The number of hydrogen-bond acceptors (Lipinski definition) is 4. The molecule has 2 aliphatic rings. The van der Waals surface area contributed by atoms with E-state index in [1.807, 2.05) is 12.2 Å². The van der Waals surface area contributed by atoms with Gasteiger partial charge in [0.25, 0.3) is 5.56 Å². The first kappa shape index (κ1) is 10.5. The number of hydrogen-bond donors (Lipinski definition) is 1. The van der Waals surface area contributed by atoms with Crippen LogP contribution in [0.4, 0.5) is 5.95 Å². The molecule has 90 valence electrons. The van der Waals surface area contributed by atoms with E-state index in [1.165, 1.54) is 0 Å². The summed E-state index contributed by atoms with van der Waals surface area (Å²) in [5.41, 5.74) is 1.60. The predicted octanol–water partition coefficient (Wildman–Crippen LogP) is 0.566. The van der Waals surface area contributed by atoms with E-state index >= 15 is 0 Å². The summed E-state index contributed by atoms with van der Waals surface area (Å²) in [7, 11) is 0. The van der Waals surface area contributed by atoms with Crippen molar-refractivity contribution in [3.8, 4) is 0 Å². The van der Waals surface area contributed by atoms with Gasteiger partial charge in [-0.3, -0.25) is 9.78 Å². The SMILES string of the molecule is O=c1[nH]c(N2CCOCC2)nc2c1C=CCC2. The zero-order valence-corrected chi connectivity index (χ0v) is 9.61. The highest BCUT2D eigenvalue weighted by Gasteiger charge is 2.17. The third kappa shape index (κ3) is 1.98. The van der Waals surface area contributed by atoms with Crippen LogP contribution in [-0.4, -0.2) is 36.3 Å². The minimum atomic E-state index is -0.0348. The Morgan fingerprint density at radius 1 is 1.35 bits per heavy atom. The van der Waals surface area contributed by atoms with Crippen LogP contribution >= 0.6 is 0 Å². The summed E-state index contributed by atoms with van der Waals surface area (Å²) >= 11 is 0. The minimum absolute atomic E-state index is 0.0348. The average Bonchev–Trinajstić information content (AvgIpc) is 2.40. The number of allylic oxidation sites excluding steroid dienone is 1. The summed E-state index contributed by atoms with van der Waals surface area (Å²) in [6, 6.07) is 0. The number of rotatable bonds is 1. The number of aryl methyl sites for hydroxylation is 1. The van der Waals surface area contributed by atoms with Gasteiger partial charge in [0.15, 0.2) is 0 Å². The lowest BCUT2D eigenvalue weighted by molar-refractivity contribution is 0.122. The van der Waals surface area contributed by atoms with Crippen LogP contribution in [-0.2, 0) is 11.2 Å². The van der Waals surface area contributed by atoms with Crippen molar-refractivity contribution in [2.75, 3.05) is 31.2 Å². The van der Waals surface area contributed by atoms with Crippen LogP contribution in [0.1, 0.15) is 17.7 Å². The van der Waals surface area contributed by atoms with Gasteiger partial charge in [0.2, 0.25) is 5.95 Å². The molecule has 17 heavy (non-hydrogen) atoms. The normalized spacial score (nSPS) is 19.2. The molecule has 2 heterocycles. The highest BCUT2D eigenvalue weighted by Crippen LogP contribution is 2.16. The van der Waals surface area contributed by atoms with Gasteiger partial charge in [-0.05, 0) is 12.8 Å². The third-order valence-electron chi connectivity index (χ3n) is 3.16. The number of anilines is 1.